The Kier molecular flexibility index (Phi) is 9.63. The third kappa shape index (κ3) is 9.66. The van der Waals surface area contributed by atoms with Gasteiger partial charge in [0.05, 0.1) is 0 Å². The van der Waals surface area contributed by atoms with E-state index in [1.54, 1.807) is 0 Å². The second-order valence-corrected chi connectivity index (χ2v) is 4.06. The van der Waals surface area contributed by atoms with Gasteiger partial charge in [-0.05, 0) is 25.2 Å². The number of allylic oxidation sites excluding steroid dienone is 2. The molecule has 0 saturated heterocycles. The van der Waals surface area contributed by atoms with Gasteiger partial charge in [0.1, 0.15) is 0 Å². The first-order valence-corrected chi connectivity index (χ1v) is 5.96. The van der Waals surface area contributed by atoms with Crippen molar-refractivity contribution < 1.29 is 0 Å². The molecular weight excluding hydrogens is 156 g/mol. The van der Waals surface area contributed by atoms with Gasteiger partial charge in [-0.3, -0.25) is 0 Å². The number of unbranched alkanes of at least 4 members (excludes halogenated alkanes) is 3. The summed E-state index contributed by atoms with van der Waals surface area (Å²) in [4.78, 5) is 0. The van der Waals surface area contributed by atoms with Crippen molar-refractivity contribution in [2.24, 2.45) is 5.92 Å². The summed E-state index contributed by atoms with van der Waals surface area (Å²) in [6.45, 7) is 6.87. The van der Waals surface area contributed by atoms with E-state index in [4.69, 9.17) is 0 Å². The first-order valence-electron chi connectivity index (χ1n) is 5.96. The van der Waals surface area contributed by atoms with Crippen molar-refractivity contribution in [1.29, 1.82) is 0 Å². The summed E-state index contributed by atoms with van der Waals surface area (Å²) >= 11 is 0. The molecule has 1 atom stereocenters. The van der Waals surface area contributed by atoms with Gasteiger partial charge in [-0.25, -0.2) is 0 Å². The molecule has 0 bridgehead atoms. The average molecular weight is 182 g/mol. The van der Waals surface area contributed by atoms with Gasteiger partial charge in [0.15, 0.2) is 0 Å². The minimum atomic E-state index is 0.930. The summed E-state index contributed by atoms with van der Waals surface area (Å²) in [6.07, 6.45) is 14.0. The molecule has 0 aromatic rings. The Bertz CT molecular complexity index is 113. The van der Waals surface area contributed by atoms with Gasteiger partial charge in [-0.1, -0.05) is 58.6 Å². The zero-order valence-electron chi connectivity index (χ0n) is 9.68. The first-order chi connectivity index (χ1) is 6.31. The van der Waals surface area contributed by atoms with E-state index in [0.29, 0.717) is 0 Å². The molecule has 0 radical (unpaired) electrons. The Hall–Kier alpha value is -0.260. The topological polar surface area (TPSA) is 0 Å². The zero-order chi connectivity index (χ0) is 9.94. The summed E-state index contributed by atoms with van der Waals surface area (Å²) < 4.78 is 0. The van der Waals surface area contributed by atoms with Gasteiger partial charge >= 0.3 is 0 Å². The molecule has 0 heterocycles. The molecule has 78 valence electrons. The number of hydrogen-bond donors (Lipinski definition) is 0. The molecule has 0 rings (SSSR count). The van der Waals surface area contributed by atoms with E-state index in [-0.39, 0.29) is 0 Å². The van der Waals surface area contributed by atoms with Crippen LogP contribution in [0.2, 0.25) is 0 Å². The van der Waals surface area contributed by atoms with Crippen LogP contribution in [-0.4, -0.2) is 0 Å². The Morgan fingerprint density at radius 2 is 1.69 bits per heavy atom. The van der Waals surface area contributed by atoms with Crippen LogP contribution in [0, 0.1) is 5.92 Å². The Balaban J connectivity index is 3.07. The maximum absolute atomic E-state index is 2.35. The van der Waals surface area contributed by atoms with Crippen LogP contribution in [0.3, 0.4) is 0 Å². The molecule has 0 aliphatic heterocycles. The van der Waals surface area contributed by atoms with Crippen LogP contribution in [0.15, 0.2) is 12.2 Å². The normalized spacial score (nSPS) is 13.8. The van der Waals surface area contributed by atoms with Crippen molar-refractivity contribution in [2.75, 3.05) is 0 Å². The van der Waals surface area contributed by atoms with E-state index < -0.39 is 0 Å². The van der Waals surface area contributed by atoms with Crippen LogP contribution >= 0.6 is 0 Å². The molecule has 0 amide bonds. The lowest BCUT2D eigenvalue weighted by atomic mass is 10.0. The van der Waals surface area contributed by atoms with Crippen LogP contribution in [0.1, 0.15) is 65.7 Å². The Labute approximate surface area is 84.4 Å². The molecule has 1 unspecified atom stereocenters. The van der Waals surface area contributed by atoms with Gasteiger partial charge in [-0.2, -0.15) is 0 Å². The van der Waals surface area contributed by atoms with Crippen molar-refractivity contribution in [3.63, 3.8) is 0 Å². The largest absolute Gasteiger partial charge is 0.0885 e. The zero-order valence-corrected chi connectivity index (χ0v) is 9.68. The van der Waals surface area contributed by atoms with Crippen LogP contribution in [0.4, 0.5) is 0 Å². The van der Waals surface area contributed by atoms with Crippen molar-refractivity contribution in [1.82, 2.24) is 0 Å². The third-order valence-electron chi connectivity index (χ3n) is 2.64. The van der Waals surface area contributed by atoms with E-state index in [1.807, 2.05) is 0 Å². The standard InChI is InChI=1S/C13H26/c1-4-6-7-8-9-10-11-12-13(3)5-2/h7-8,13H,4-6,9-12H2,1-3H3/b8-7+. The first kappa shape index (κ1) is 12.7. The summed E-state index contributed by atoms with van der Waals surface area (Å²) in [5.74, 6) is 0.930. The molecule has 0 fully saturated rings. The smallest absolute Gasteiger partial charge is 0.0351 e. The van der Waals surface area contributed by atoms with Crippen LogP contribution < -0.4 is 0 Å². The summed E-state index contributed by atoms with van der Waals surface area (Å²) in [6, 6.07) is 0. The maximum Gasteiger partial charge on any atom is -0.0351 e. The van der Waals surface area contributed by atoms with E-state index in [2.05, 4.69) is 32.9 Å². The lowest BCUT2D eigenvalue weighted by molar-refractivity contribution is 0.486. The monoisotopic (exact) mass is 182 g/mol. The lowest BCUT2D eigenvalue weighted by Gasteiger charge is -2.05. The van der Waals surface area contributed by atoms with Gasteiger partial charge < -0.3 is 0 Å². The molecule has 0 aliphatic rings. The minimum absolute atomic E-state index is 0.930. The Morgan fingerprint density at radius 1 is 1.00 bits per heavy atom. The van der Waals surface area contributed by atoms with Gasteiger partial charge in [-0.15, -0.1) is 0 Å². The Morgan fingerprint density at radius 3 is 2.31 bits per heavy atom. The van der Waals surface area contributed by atoms with E-state index in [0.717, 1.165) is 5.92 Å². The molecule has 0 N–H and O–H groups in total. The summed E-state index contributed by atoms with van der Waals surface area (Å²) in [5.41, 5.74) is 0. The highest BCUT2D eigenvalue weighted by Crippen LogP contribution is 2.12. The molecule has 0 heteroatoms. The molecule has 0 nitrogen and oxygen atoms in total. The third-order valence-corrected chi connectivity index (χ3v) is 2.64. The van der Waals surface area contributed by atoms with E-state index in [1.165, 1.54) is 44.9 Å². The van der Waals surface area contributed by atoms with Crippen LogP contribution in [-0.2, 0) is 0 Å². The summed E-state index contributed by atoms with van der Waals surface area (Å²) in [5, 5.41) is 0. The highest BCUT2D eigenvalue weighted by Gasteiger charge is 1.96. The minimum Gasteiger partial charge on any atom is -0.0885 e. The second-order valence-electron chi connectivity index (χ2n) is 4.06. The molecular formula is C13H26. The van der Waals surface area contributed by atoms with E-state index in [9.17, 15) is 0 Å². The maximum atomic E-state index is 2.35. The molecule has 13 heavy (non-hydrogen) atoms. The van der Waals surface area contributed by atoms with Crippen molar-refractivity contribution >= 4 is 0 Å². The molecule has 0 aliphatic carbocycles. The van der Waals surface area contributed by atoms with Gasteiger partial charge in [0.25, 0.3) is 0 Å². The van der Waals surface area contributed by atoms with E-state index >= 15 is 0 Å². The quantitative estimate of drug-likeness (QED) is 0.368. The molecule has 0 spiro atoms. The van der Waals surface area contributed by atoms with Gasteiger partial charge in [0, 0.05) is 0 Å². The van der Waals surface area contributed by atoms with Crippen molar-refractivity contribution in [2.45, 2.75) is 65.7 Å². The van der Waals surface area contributed by atoms with Crippen molar-refractivity contribution in [3.8, 4) is 0 Å². The molecule has 0 saturated carbocycles. The fourth-order valence-corrected chi connectivity index (χ4v) is 1.36. The molecule has 0 aromatic heterocycles. The van der Waals surface area contributed by atoms with Gasteiger partial charge in [0.2, 0.25) is 0 Å². The fourth-order valence-electron chi connectivity index (χ4n) is 1.36. The second kappa shape index (κ2) is 9.83. The number of hydrogen-bond acceptors (Lipinski definition) is 0. The number of rotatable bonds is 8. The SMILES string of the molecule is CCC/C=C/CCCCC(C)CC. The highest BCUT2D eigenvalue weighted by atomic mass is 14.0. The summed E-state index contributed by atoms with van der Waals surface area (Å²) in [7, 11) is 0. The predicted octanol–water partition coefficient (Wildman–Crippen LogP) is 4.95. The fraction of sp³-hybridized carbons (Fsp3) is 0.846. The van der Waals surface area contributed by atoms with Crippen LogP contribution in [0.5, 0.6) is 0 Å². The lowest BCUT2D eigenvalue weighted by Crippen LogP contribution is -1.90. The molecule has 0 aromatic carbocycles. The van der Waals surface area contributed by atoms with Crippen LogP contribution in [0.25, 0.3) is 0 Å². The van der Waals surface area contributed by atoms with Crippen molar-refractivity contribution in [3.05, 3.63) is 12.2 Å². The predicted molar refractivity (Wildman–Crippen MR) is 62.0 cm³/mol. The average Bonchev–Trinajstić information content (AvgIpc) is 2.16. The highest BCUT2D eigenvalue weighted by molar-refractivity contribution is 4.80.